The second kappa shape index (κ2) is 6.66. The number of thioether (sulfide) groups is 2. The number of carbonyl (C=O) groups excluding carboxylic acids is 1. The summed E-state index contributed by atoms with van der Waals surface area (Å²) in [6.07, 6.45) is 5.57. The SMILES string of the molecule is CSC(=O)/C(C)=C/Nc1cccc(SC)c1. The van der Waals surface area contributed by atoms with E-state index in [-0.39, 0.29) is 5.12 Å². The Bertz CT molecular complexity index is 402. The fourth-order valence-corrected chi connectivity index (χ4v) is 1.96. The van der Waals surface area contributed by atoms with E-state index >= 15 is 0 Å². The highest BCUT2D eigenvalue weighted by molar-refractivity contribution is 8.13. The molecule has 16 heavy (non-hydrogen) atoms. The van der Waals surface area contributed by atoms with E-state index in [4.69, 9.17) is 0 Å². The number of hydrogen-bond donors (Lipinski definition) is 1. The van der Waals surface area contributed by atoms with Crippen molar-refractivity contribution >= 4 is 34.3 Å². The van der Waals surface area contributed by atoms with Crippen LogP contribution in [0.3, 0.4) is 0 Å². The first kappa shape index (κ1) is 13.2. The highest BCUT2D eigenvalue weighted by Crippen LogP contribution is 2.19. The fraction of sp³-hybridized carbons (Fsp3) is 0.250. The lowest BCUT2D eigenvalue weighted by Gasteiger charge is -2.04. The summed E-state index contributed by atoms with van der Waals surface area (Å²) in [5.41, 5.74) is 1.72. The van der Waals surface area contributed by atoms with Crippen LogP contribution in [0, 0.1) is 0 Å². The molecule has 0 bridgehead atoms. The number of carbonyl (C=O) groups is 1. The minimum absolute atomic E-state index is 0.0912. The zero-order valence-electron chi connectivity index (χ0n) is 9.61. The van der Waals surface area contributed by atoms with Crippen LogP contribution in [-0.2, 0) is 4.79 Å². The van der Waals surface area contributed by atoms with Gasteiger partial charge < -0.3 is 5.32 Å². The van der Waals surface area contributed by atoms with Crippen molar-refractivity contribution in [1.82, 2.24) is 0 Å². The molecule has 0 amide bonds. The van der Waals surface area contributed by atoms with Crippen LogP contribution in [0.2, 0.25) is 0 Å². The van der Waals surface area contributed by atoms with Crippen LogP contribution < -0.4 is 5.32 Å². The van der Waals surface area contributed by atoms with Crippen LogP contribution >= 0.6 is 23.5 Å². The van der Waals surface area contributed by atoms with Gasteiger partial charge in [0.25, 0.3) is 0 Å². The first-order valence-electron chi connectivity index (χ1n) is 4.83. The molecule has 2 nitrogen and oxygen atoms in total. The monoisotopic (exact) mass is 253 g/mol. The quantitative estimate of drug-likeness (QED) is 0.655. The summed E-state index contributed by atoms with van der Waals surface area (Å²) in [5, 5.41) is 3.22. The molecule has 0 aliphatic rings. The molecule has 0 radical (unpaired) electrons. The molecule has 0 fully saturated rings. The van der Waals surface area contributed by atoms with Gasteiger partial charge in [0.1, 0.15) is 0 Å². The number of nitrogens with one attached hydrogen (secondary N) is 1. The van der Waals surface area contributed by atoms with Crippen LogP contribution in [0.1, 0.15) is 6.92 Å². The van der Waals surface area contributed by atoms with E-state index in [1.807, 2.05) is 25.3 Å². The number of rotatable bonds is 4. The molecular weight excluding hydrogens is 238 g/mol. The third-order valence-corrected chi connectivity index (χ3v) is 3.45. The molecule has 0 aliphatic carbocycles. The van der Waals surface area contributed by atoms with Crippen molar-refractivity contribution in [2.45, 2.75) is 11.8 Å². The Labute approximate surface area is 105 Å². The Kier molecular flexibility index (Phi) is 5.49. The maximum Gasteiger partial charge on any atom is 0.216 e. The van der Waals surface area contributed by atoms with Crippen molar-refractivity contribution in [2.24, 2.45) is 0 Å². The summed E-state index contributed by atoms with van der Waals surface area (Å²) in [4.78, 5) is 12.5. The third-order valence-electron chi connectivity index (χ3n) is 2.03. The van der Waals surface area contributed by atoms with E-state index in [1.165, 1.54) is 16.7 Å². The molecule has 0 atom stereocenters. The van der Waals surface area contributed by atoms with Gasteiger partial charge in [-0.05, 0) is 37.6 Å². The van der Waals surface area contributed by atoms with Gasteiger partial charge in [-0.25, -0.2) is 0 Å². The molecule has 0 spiro atoms. The van der Waals surface area contributed by atoms with E-state index in [2.05, 4.69) is 17.4 Å². The molecule has 1 aromatic rings. The fourth-order valence-electron chi connectivity index (χ4n) is 1.12. The predicted molar refractivity (Wildman–Crippen MR) is 74.1 cm³/mol. The maximum absolute atomic E-state index is 11.3. The average Bonchev–Trinajstić information content (AvgIpc) is 2.35. The first-order valence-corrected chi connectivity index (χ1v) is 7.28. The molecule has 1 aromatic carbocycles. The van der Waals surface area contributed by atoms with E-state index < -0.39 is 0 Å². The molecule has 0 unspecified atom stereocenters. The van der Waals surface area contributed by atoms with Gasteiger partial charge in [0.2, 0.25) is 5.12 Å². The topological polar surface area (TPSA) is 29.1 Å². The number of benzene rings is 1. The van der Waals surface area contributed by atoms with Crippen molar-refractivity contribution in [1.29, 1.82) is 0 Å². The van der Waals surface area contributed by atoms with E-state index in [1.54, 1.807) is 24.2 Å². The molecule has 0 aromatic heterocycles. The number of hydrogen-bond acceptors (Lipinski definition) is 4. The second-order valence-corrected chi connectivity index (χ2v) is 4.85. The lowest BCUT2D eigenvalue weighted by molar-refractivity contribution is -0.107. The lowest BCUT2D eigenvalue weighted by Crippen LogP contribution is -1.96. The standard InChI is InChI=1S/C12H15NOS2/c1-9(12(14)16-3)8-13-10-5-4-6-11(7-10)15-2/h4-8,13H,1-3H3/b9-8+. The minimum Gasteiger partial charge on any atom is -0.361 e. The Balaban J connectivity index is 2.70. The zero-order valence-corrected chi connectivity index (χ0v) is 11.2. The molecule has 86 valence electrons. The smallest absolute Gasteiger partial charge is 0.216 e. The highest BCUT2D eigenvalue weighted by Gasteiger charge is 2.00. The zero-order chi connectivity index (χ0) is 12.0. The van der Waals surface area contributed by atoms with E-state index in [0.29, 0.717) is 0 Å². The molecule has 1 N–H and O–H groups in total. The Morgan fingerprint density at radius 2 is 2.12 bits per heavy atom. The van der Waals surface area contributed by atoms with Crippen molar-refractivity contribution in [3.63, 3.8) is 0 Å². The number of anilines is 1. The molecule has 0 heterocycles. The maximum atomic E-state index is 11.3. The van der Waals surface area contributed by atoms with Gasteiger partial charge in [-0.15, -0.1) is 11.8 Å². The predicted octanol–water partition coefficient (Wildman–Crippen LogP) is 3.61. The summed E-state index contributed by atoms with van der Waals surface area (Å²) in [6.45, 7) is 1.81. The van der Waals surface area contributed by atoms with Crippen molar-refractivity contribution in [2.75, 3.05) is 17.8 Å². The Morgan fingerprint density at radius 1 is 1.38 bits per heavy atom. The van der Waals surface area contributed by atoms with Crippen molar-refractivity contribution < 1.29 is 4.79 Å². The molecular formula is C12H15NOS2. The molecule has 0 saturated heterocycles. The van der Waals surface area contributed by atoms with Crippen LogP contribution in [0.4, 0.5) is 5.69 Å². The summed E-state index contributed by atoms with van der Waals surface area (Å²) in [6, 6.07) is 8.08. The van der Waals surface area contributed by atoms with Crippen LogP contribution in [0.15, 0.2) is 40.9 Å². The molecule has 4 heteroatoms. The summed E-state index contributed by atoms with van der Waals surface area (Å²) < 4.78 is 0. The normalized spacial score (nSPS) is 11.3. The third kappa shape index (κ3) is 3.94. The van der Waals surface area contributed by atoms with E-state index in [0.717, 1.165) is 11.3 Å². The summed E-state index contributed by atoms with van der Waals surface area (Å²) >= 11 is 2.92. The van der Waals surface area contributed by atoms with Gasteiger partial charge in [0.05, 0.1) is 0 Å². The van der Waals surface area contributed by atoms with Gasteiger partial charge >= 0.3 is 0 Å². The van der Waals surface area contributed by atoms with Crippen LogP contribution in [0.5, 0.6) is 0 Å². The average molecular weight is 253 g/mol. The molecule has 0 aliphatic heterocycles. The van der Waals surface area contributed by atoms with Crippen LogP contribution in [-0.4, -0.2) is 17.6 Å². The second-order valence-electron chi connectivity index (χ2n) is 3.20. The largest absolute Gasteiger partial charge is 0.361 e. The van der Waals surface area contributed by atoms with Gasteiger partial charge in [0.15, 0.2) is 0 Å². The first-order chi connectivity index (χ1) is 7.67. The lowest BCUT2D eigenvalue weighted by atomic mass is 10.3. The van der Waals surface area contributed by atoms with E-state index in [9.17, 15) is 4.79 Å². The summed E-state index contributed by atoms with van der Waals surface area (Å²) in [5.74, 6) is 0. The molecule has 1 rings (SSSR count). The van der Waals surface area contributed by atoms with Crippen molar-refractivity contribution in [3.8, 4) is 0 Å². The molecule has 0 saturated carbocycles. The van der Waals surface area contributed by atoms with Gasteiger partial charge in [-0.1, -0.05) is 17.8 Å². The van der Waals surface area contributed by atoms with Gasteiger partial charge in [-0.3, -0.25) is 4.79 Å². The van der Waals surface area contributed by atoms with Gasteiger partial charge in [-0.2, -0.15) is 0 Å². The Hall–Kier alpha value is -0.870. The minimum atomic E-state index is 0.0912. The Morgan fingerprint density at radius 3 is 2.75 bits per heavy atom. The van der Waals surface area contributed by atoms with Crippen LogP contribution in [0.25, 0.3) is 0 Å². The summed E-state index contributed by atoms with van der Waals surface area (Å²) in [7, 11) is 0. The van der Waals surface area contributed by atoms with Gasteiger partial charge in [0, 0.05) is 22.4 Å². The van der Waals surface area contributed by atoms with Crippen molar-refractivity contribution in [3.05, 3.63) is 36.0 Å². The highest BCUT2D eigenvalue weighted by atomic mass is 32.2.